The van der Waals surface area contributed by atoms with Gasteiger partial charge in [-0.15, -0.1) is 0 Å². The number of unbranched alkanes of at least 4 members (excludes halogenated alkanes) is 18. The molecular formula is C38H62Br2Cu2N2O2. The standard InChI is InChI=1S/2C19H31NO.2BrH.2Cu/c2*1-2-3-4-5-6-7-8-9-10-13-16-20-17-18-14-11-12-15-19(18)21;;;;/h2*11-12,14-15,17,20H,2-10,13,16H2,1H3;2*1H;;/q;;;;2*+1/p-2. The second kappa shape index (κ2) is 40.6. The Labute approximate surface area is 313 Å². The van der Waals surface area contributed by atoms with Crippen LogP contribution in [0, 0.1) is 0 Å². The number of allylic oxidation sites excluding steroid dienone is 10. The zero-order chi connectivity index (χ0) is 34.4. The van der Waals surface area contributed by atoms with E-state index in [4.69, 9.17) is 0 Å². The topological polar surface area (TPSA) is 58.2 Å². The number of nitrogens with one attached hydrogen (secondary N) is 2. The minimum atomic E-state index is 0.0908. The Morgan fingerprint density at radius 3 is 1.00 bits per heavy atom. The summed E-state index contributed by atoms with van der Waals surface area (Å²) in [5.41, 5.74) is 1.51. The number of carbonyl (C=O) groups excluding carboxylic acids is 2. The number of carbonyl (C=O) groups is 2. The van der Waals surface area contributed by atoms with E-state index in [2.05, 4.69) is 81.1 Å². The number of halogens is 2. The molecule has 46 heavy (non-hydrogen) atoms. The van der Waals surface area contributed by atoms with Gasteiger partial charge in [0.2, 0.25) is 0 Å². The van der Waals surface area contributed by atoms with Crippen molar-refractivity contribution in [2.24, 2.45) is 0 Å². The first kappa shape index (κ1) is 47.5. The van der Waals surface area contributed by atoms with Gasteiger partial charge in [-0.05, 0) is 37.1 Å². The van der Waals surface area contributed by atoms with Crippen LogP contribution in [0.4, 0.5) is 0 Å². The number of ketones is 2. The number of hydrogen-bond acceptors (Lipinski definition) is 4. The summed E-state index contributed by atoms with van der Waals surface area (Å²) in [7, 11) is 0. The van der Waals surface area contributed by atoms with E-state index in [1.54, 1.807) is 24.3 Å². The van der Waals surface area contributed by atoms with Crippen molar-refractivity contribution in [1.82, 2.24) is 10.6 Å². The van der Waals surface area contributed by atoms with E-state index in [9.17, 15) is 9.59 Å². The van der Waals surface area contributed by atoms with E-state index < -0.39 is 0 Å². The van der Waals surface area contributed by atoms with Gasteiger partial charge in [0.15, 0.2) is 11.6 Å². The molecule has 0 aromatic carbocycles. The van der Waals surface area contributed by atoms with Gasteiger partial charge in [-0.2, -0.15) is 0 Å². The summed E-state index contributed by atoms with van der Waals surface area (Å²) in [5, 5.41) is 6.49. The monoisotopic (exact) mass is 862 g/mol. The first-order valence-electron chi connectivity index (χ1n) is 17.6. The summed E-state index contributed by atoms with van der Waals surface area (Å²) in [6.45, 7) is 6.46. The van der Waals surface area contributed by atoms with Crippen molar-refractivity contribution in [3.05, 3.63) is 72.2 Å². The molecule has 2 N–H and O–H groups in total. The molecule has 0 heterocycles. The molecule has 0 aliphatic heterocycles. The molecule has 272 valence electrons. The average molecular weight is 866 g/mol. The molecule has 4 nitrogen and oxygen atoms in total. The Kier molecular flexibility index (Phi) is 41.9. The van der Waals surface area contributed by atoms with Crippen LogP contribution in [0.25, 0.3) is 0 Å². The van der Waals surface area contributed by atoms with Crippen LogP contribution in [0.15, 0.2) is 72.2 Å². The Hall–Kier alpha value is -0.621. The molecule has 0 aromatic heterocycles. The SMILES string of the molecule is CCCCCCCCCCCCNC=C1C=CC=CC1=O.CCCCCCCCCCCCNC=C1C=CC=CC1=O.[Cu][Br].[Cu][Br]. The normalized spacial score (nSPS) is 14.8. The van der Waals surface area contributed by atoms with Gasteiger partial charge in [-0.25, -0.2) is 0 Å². The Bertz CT molecular complexity index is 827. The van der Waals surface area contributed by atoms with Crippen molar-refractivity contribution in [2.75, 3.05) is 13.1 Å². The molecule has 0 amide bonds. The van der Waals surface area contributed by atoms with Crippen LogP contribution in [0.3, 0.4) is 0 Å². The third kappa shape index (κ3) is 32.0. The van der Waals surface area contributed by atoms with E-state index in [-0.39, 0.29) is 11.6 Å². The van der Waals surface area contributed by atoms with Gasteiger partial charge in [-0.3, -0.25) is 9.59 Å². The molecule has 2 aliphatic carbocycles. The number of rotatable bonds is 24. The quantitative estimate of drug-likeness (QED) is 0.0577. The zero-order valence-electron chi connectivity index (χ0n) is 28.5. The molecule has 0 fully saturated rings. The molecule has 0 bridgehead atoms. The molecule has 0 unspecified atom stereocenters. The fourth-order valence-corrected chi connectivity index (χ4v) is 4.99. The Balaban J connectivity index is 0. The molecule has 0 radical (unpaired) electrons. The summed E-state index contributed by atoms with van der Waals surface area (Å²) >= 11 is 13.0. The van der Waals surface area contributed by atoms with Crippen molar-refractivity contribution in [1.29, 1.82) is 0 Å². The molecular weight excluding hydrogens is 803 g/mol. The van der Waals surface area contributed by atoms with Crippen molar-refractivity contribution in [3.63, 3.8) is 0 Å². The van der Waals surface area contributed by atoms with Gasteiger partial charge in [0.05, 0.1) is 0 Å². The summed E-state index contributed by atoms with van der Waals surface area (Å²) in [6.07, 6.45) is 45.1. The average Bonchev–Trinajstić information content (AvgIpc) is 3.09. The maximum atomic E-state index is 11.5. The molecule has 0 saturated carbocycles. The molecule has 8 heteroatoms. The van der Waals surface area contributed by atoms with Gasteiger partial charge in [0, 0.05) is 36.6 Å². The Morgan fingerprint density at radius 2 is 0.717 bits per heavy atom. The molecule has 2 aliphatic rings. The van der Waals surface area contributed by atoms with E-state index in [1.165, 1.54) is 128 Å². The van der Waals surface area contributed by atoms with E-state index in [1.807, 2.05) is 36.7 Å². The molecule has 0 aromatic rings. The third-order valence-corrected chi connectivity index (χ3v) is 7.70. The van der Waals surface area contributed by atoms with Crippen molar-refractivity contribution in [2.45, 2.75) is 142 Å². The number of hydrogen-bond donors (Lipinski definition) is 2. The van der Waals surface area contributed by atoms with Crippen LogP contribution in [-0.2, 0) is 38.0 Å². The Morgan fingerprint density at radius 1 is 0.457 bits per heavy atom. The molecule has 0 atom stereocenters. The molecule has 0 saturated heterocycles. The fourth-order valence-electron chi connectivity index (χ4n) is 4.99. The van der Waals surface area contributed by atoms with Crippen LogP contribution in [-0.4, -0.2) is 24.7 Å². The maximum absolute atomic E-state index is 11.5. The third-order valence-electron chi connectivity index (χ3n) is 7.70. The van der Waals surface area contributed by atoms with Gasteiger partial charge in [0.1, 0.15) is 0 Å². The first-order valence-corrected chi connectivity index (χ1v) is 22.2. The minimum absolute atomic E-state index is 0.0908. The summed E-state index contributed by atoms with van der Waals surface area (Å²) in [4.78, 5) is 23.0. The predicted octanol–water partition coefficient (Wildman–Crippen LogP) is 11.8. The van der Waals surface area contributed by atoms with Crippen molar-refractivity contribution < 1.29 is 38.0 Å². The van der Waals surface area contributed by atoms with Gasteiger partial charge in [-0.1, -0.05) is 154 Å². The van der Waals surface area contributed by atoms with E-state index in [0.29, 0.717) is 0 Å². The predicted molar refractivity (Wildman–Crippen MR) is 200 cm³/mol. The molecule has 2 rings (SSSR count). The first-order chi connectivity index (χ1) is 22.7. The summed E-state index contributed by atoms with van der Waals surface area (Å²) in [5.74, 6) is 0.182. The van der Waals surface area contributed by atoms with Crippen LogP contribution < -0.4 is 10.6 Å². The van der Waals surface area contributed by atoms with Crippen LogP contribution in [0.2, 0.25) is 0 Å². The second-order valence-corrected chi connectivity index (χ2v) is 11.6. The summed E-state index contributed by atoms with van der Waals surface area (Å²) in [6, 6.07) is 0. The fraction of sp³-hybridized carbons (Fsp3) is 0.632. The van der Waals surface area contributed by atoms with Crippen LogP contribution in [0.1, 0.15) is 142 Å². The van der Waals surface area contributed by atoms with Gasteiger partial charge in [0.25, 0.3) is 0 Å². The van der Waals surface area contributed by atoms with Crippen molar-refractivity contribution in [3.8, 4) is 0 Å². The van der Waals surface area contributed by atoms with Crippen LogP contribution >= 0.6 is 28.2 Å². The second-order valence-electron chi connectivity index (χ2n) is 11.6. The molecule has 0 spiro atoms. The van der Waals surface area contributed by atoms with Crippen LogP contribution in [0.5, 0.6) is 0 Å². The zero-order valence-corrected chi connectivity index (χ0v) is 33.6. The summed E-state index contributed by atoms with van der Waals surface area (Å²) < 4.78 is 0. The van der Waals surface area contributed by atoms with Gasteiger partial charge < -0.3 is 10.6 Å². The van der Waals surface area contributed by atoms with E-state index >= 15 is 0 Å². The van der Waals surface area contributed by atoms with Crippen molar-refractivity contribution >= 4 is 39.8 Å². The van der Waals surface area contributed by atoms with Gasteiger partial charge >= 0.3 is 56.6 Å². The van der Waals surface area contributed by atoms with E-state index in [0.717, 1.165) is 24.2 Å².